The molecule has 1 aliphatic rings. The van der Waals surface area contributed by atoms with Gasteiger partial charge in [0.25, 0.3) is 5.91 Å². The minimum absolute atomic E-state index is 0.0366. The second-order valence-corrected chi connectivity index (χ2v) is 16.1. The van der Waals surface area contributed by atoms with Crippen molar-refractivity contribution in [1.29, 1.82) is 0 Å². The Morgan fingerprint density at radius 2 is 1.65 bits per heavy atom. The number of amides is 1. The van der Waals surface area contributed by atoms with Crippen LogP contribution in [0.3, 0.4) is 0 Å². The van der Waals surface area contributed by atoms with Gasteiger partial charge in [0, 0.05) is 29.5 Å². The Kier molecular flexibility index (Phi) is 9.87. The maximum atomic E-state index is 12.5. The number of aromatic nitrogens is 3. The Bertz CT molecular complexity index is 1460. The highest BCUT2D eigenvalue weighted by atomic mass is 28.4. The molecular formula is C34H42N4O4Si. The first-order chi connectivity index (χ1) is 20.7. The number of carbonyl (C=O) groups is 1. The van der Waals surface area contributed by atoms with Gasteiger partial charge in [-0.1, -0.05) is 72.8 Å². The molecule has 1 amide bonds. The van der Waals surface area contributed by atoms with Gasteiger partial charge in [0.1, 0.15) is 0 Å². The van der Waals surface area contributed by atoms with E-state index in [4.69, 9.17) is 4.74 Å². The van der Waals surface area contributed by atoms with Gasteiger partial charge >= 0.3 is 0 Å². The van der Waals surface area contributed by atoms with Crippen molar-refractivity contribution in [3.8, 4) is 0 Å². The zero-order valence-electron chi connectivity index (χ0n) is 25.1. The quantitative estimate of drug-likeness (QED) is 0.182. The summed E-state index contributed by atoms with van der Waals surface area (Å²) in [4.78, 5) is 23.7. The summed E-state index contributed by atoms with van der Waals surface area (Å²) in [6.45, 7) is 6.82. The van der Waals surface area contributed by atoms with Crippen molar-refractivity contribution >= 4 is 19.9 Å². The molecule has 0 saturated carbocycles. The van der Waals surface area contributed by atoms with Gasteiger partial charge in [0.2, 0.25) is 0 Å². The molecule has 4 aromatic rings. The van der Waals surface area contributed by atoms with Crippen molar-refractivity contribution < 1.29 is 19.4 Å². The van der Waals surface area contributed by atoms with E-state index in [1.807, 2.05) is 84.6 Å². The summed E-state index contributed by atoms with van der Waals surface area (Å²) in [6, 6.07) is 27.0. The molecule has 0 radical (unpaired) electrons. The predicted molar refractivity (Wildman–Crippen MR) is 170 cm³/mol. The number of anilines is 1. The highest BCUT2D eigenvalue weighted by Crippen LogP contribution is 2.45. The second-order valence-electron chi connectivity index (χ2n) is 12.1. The first-order valence-electron chi connectivity index (χ1n) is 15.1. The third kappa shape index (κ3) is 7.66. The van der Waals surface area contributed by atoms with Crippen LogP contribution in [0.15, 0.2) is 91.1 Å². The van der Waals surface area contributed by atoms with Gasteiger partial charge in [-0.25, -0.2) is 0 Å². The largest absolute Gasteiger partial charge is 0.432 e. The molecule has 0 bridgehead atoms. The van der Waals surface area contributed by atoms with Crippen LogP contribution in [0, 0.1) is 5.92 Å². The first-order valence-corrected chi connectivity index (χ1v) is 18.1. The highest BCUT2D eigenvalue weighted by Gasteiger charge is 2.49. The molecule has 2 heterocycles. The molecule has 3 aromatic carbocycles. The average Bonchev–Trinajstić information content (AvgIpc) is 3.61. The summed E-state index contributed by atoms with van der Waals surface area (Å²) in [6.07, 6.45) is 4.34. The van der Waals surface area contributed by atoms with Crippen LogP contribution in [-0.4, -0.2) is 57.9 Å². The van der Waals surface area contributed by atoms with Gasteiger partial charge in [0.15, 0.2) is 8.32 Å². The number of aliphatic hydroxyl groups is 1. The van der Waals surface area contributed by atoms with Gasteiger partial charge < -0.3 is 20.0 Å². The Morgan fingerprint density at radius 1 is 0.977 bits per heavy atom. The third-order valence-electron chi connectivity index (χ3n) is 8.62. The molecule has 5 atom stereocenters. The molecule has 1 saturated heterocycles. The third-order valence-corrected chi connectivity index (χ3v) is 11.2. The SMILES string of the molecule is C[C@H]1[C@H]([Si](C)(C)O)[C@@H](CCn2cc(C(CO)c3ccccc3)nn2)O[C@H]1CCc1ccc(NC(=O)c2ccccc2)cc1. The van der Waals surface area contributed by atoms with Gasteiger partial charge in [0.05, 0.1) is 30.4 Å². The molecule has 1 fully saturated rings. The van der Waals surface area contributed by atoms with Crippen LogP contribution in [0.5, 0.6) is 0 Å². The van der Waals surface area contributed by atoms with E-state index in [2.05, 4.69) is 34.7 Å². The monoisotopic (exact) mass is 598 g/mol. The fourth-order valence-corrected chi connectivity index (χ4v) is 9.09. The van der Waals surface area contributed by atoms with E-state index < -0.39 is 8.32 Å². The number of aliphatic hydroxyl groups excluding tert-OH is 1. The molecule has 1 aliphatic heterocycles. The Balaban J connectivity index is 1.17. The molecular weight excluding hydrogens is 556 g/mol. The van der Waals surface area contributed by atoms with Crippen molar-refractivity contribution in [2.45, 2.75) is 69.5 Å². The van der Waals surface area contributed by atoms with Crippen LogP contribution in [0.1, 0.15) is 52.9 Å². The molecule has 43 heavy (non-hydrogen) atoms. The summed E-state index contributed by atoms with van der Waals surface area (Å²) in [5.41, 5.74) is 4.44. The van der Waals surface area contributed by atoms with Crippen LogP contribution in [-0.2, 0) is 17.7 Å². The van der Waals surface area contributed by atoms with Crippen molar-refractivity contribution in [3.05, 3.63) is 114 Å². The van der Waals surface area contributed by atoms with Crippen molar-refractivity contribution in [2.75, 3.05) is 11.9 Å². The molecule has 5 rings (SSSR count). The van der Waals surface area contributed by atoms with Crippen LogP contribution in [0.4, 0.5) is 5.69 Å². The summed E-state index contributed by atoms with van der Waals surface area (Å²) < 4.78 is 8.47. The highest BCUT2D eigenvalue weighted by molar-refractivity contribution is 6.71. The average molecular weight is 599 g/mol. The minimum atomic E-state index is -2.50. The van der Waals surface area contributed by atoms with E-state index in [9.17, 15) is 14.7 Å². The van der Waals surface area contributed by atoms with Gasteiger partial charge in [-0.05, 0) is 73.7 Å². The molecule has 9 heteroatoms. The summed E-state index contributed by atoms with van der Waals surface area (Å²) in [7, 11) is -2.50. The lowest BCUT2D eigenvalue weighted by molar-refractivity contribution is 0.0245. The van der Waals surface area contributed by atoms with Crippen molar-refractivity contribution in [2.24, 2.45) is 5.92 Å². The predicted octanol–water partition coefficient (Wildman–Crippen LogP) is 5.65. The van der Waals surface area contributed by atoms with Crippen molar-refractivity contribution in [3.63, 3.8) is 0 Å². The Labute approximate surface area is 254 Å². The van der Waals surface area contributed by atoms with E-state index in [1.54, 1.807) is 12.1 Å². The van der Waals surface area contributed by atoms with Gasteiger partial charge in [-0.3, -0.25) is 9.48 Å². The number of benzene rings is 3. The normalized spacial score (nSPS) is 21.0. The minimum Gasteiger partial charge on any atom is -0.432 e. The standard InChI is InChI=1S/C34H42N4O4Si/c1-24-31(19-16-25-14-17-28(18-15-25)35-34(40)27-12-8-5-9-13-27)42-32(33(24)43(2,3)41)20-21-38-22-30(36-37-38)29(23-39)26-10-6-4-7-11-26/h4-15,17-18,22,24,29,31-33,39,41H,16,19-21,23H2,1-3H3,(H,35,40)/t24-,29?,31+,32-,33+/m1/s1. The number of nitrogens with one attached hydrogen (secondary N) is 1. The molecule has 8 nitrogen and oxygen atoms in total. The molecule has 3 N–H and O–H groups in total. The second kappa shape index (κ2) is 13.8. The molecule has 0 aliphatic carbocycles. The smallest absolute Gasteiger partial charge is 0.255 e. The number of nitrogens with zero attached hydrogens (tertiary/aromatic N) is 3. The van der Waals surface area contributed by atoms with E-state index in [0.717, 1.165) is 36.2 Å². The maximum absolute atomic E-state index is 12.5. The Hall–Kier alpha value is -3.63. The Morgan fingerprint density at radius 3 is 2.30 bits per heavy atom. The van der Waals surface area contributed by atoms with Crippen molar-refractivity contribution in [1.82, 2.24) is 15.0 Å². The maximum Gasteiger partial charge on any atom is 0.255 e. The molecule has 1 aromatic heterocycles. The topological polar surface area (TPSA) is 110 Å². The van der Waals surface area contributed by atoms with Crippen LogP contribution >= 0.6 is 0 Å². The zero-order chi connectivity index (χ0) is 30.4. The van der Waals surface area contributed by atoms with E-state index in [1.165, 1.54) is 5.56 Å². The van der Waals surface area contributed by atoms with Gasteiger partial charge in [-0.2, -0.15) is 0 Å². The number of ether oxygens (including phenoxy) is 1. The number of aryl methyl sites for hydroxylation is 2. The zero-order valence-corrected chi connectivity index (χ0v) is 26.1. The lowest BCUT2D eigenvalue weighted by Crippen LogP contribution is -2.40. The van der Waals surface area contributed by atoms with E-state index >= 15 is 0 Å². The first kappa shape index (κ1) is 30.8. The molecule has 1 unspecified atom stereocenters. The molecule has 226 valence electrons. The lowest BCUT2D eigenvalue weighted by Gasteiger charge is -2.30. The van der Waals surface area contributed by atoms with Crippen LogP contribution < -0.4 is 5.32 Å². The fraction of sp³-hybridized carbons (Fsp3) is 0.382. The van der Waals surface area contributed by atoms with Crippen LogP contribution in [0.25, 0.3) is 0 Å². The van der Waals surface area contributed by atoms with E-state index in [-0.39, 0.29) is 42.1 Å². The van der Waals surface area contributed by atoms with Crippen LogP contribution in [0.2, 0.25) is 18.6 Å². The van der Waals surface area contributed by atoms with Gasteiger partial charge in [-0.15, -0.1) is 5.10 Å². The number of hydrogen-bond acceptors (Lipinski definition) is 6. The molecule has 0 spiro atoms. The lowest BCUT2D eigenvalue weighted by atomic mass is 9.95. The van der Waals surface area contributed by atoms with E-state index in [0.29, 0.717) is 12.1 Å². The fourth-order valence-electron chi connectivity index (χ4n) is 6.43. The number of rotatable bonds is 12. The number of hydrogen-bond donors (Lipinski definition) is 3. The summed E-state index contributed by atoms with van der Waals surface area (Å²) >= 11 is 0. The number of carbonyl (C=O) groups excluding carboxylic acids is 1. The summed E-state index contributed by atoms with van der Waals surface area (Å²) in [5, 5.41) is 21.7. The summed E-state index contributed by atoms with van der Waals surface area (Å²) in [5.74, 6) is -0.0991.